The number of aliphatic hydroxyl groups is 4. The second kappa shape index (κ2) is 29.6. The number of benzene rings is 6. The Kier molecular flexibility index (Phi) is 23.1. The van der Waals surface area contributed by atoms with E-state index in [-0.39, 0.29) is 65.7 Å². The van der Waals surface area contributed by atoms with E-state index >= 15 is 0 Å². The zero-order valence-corrected chi connectivity index (χ0v) is 59.1. The third kappa shape index (κ3) is 13.6. The van der Waals surface area contributed by atoms with Gasteiger partial charge in [-0.05, 0) is 243 Å². The molecule has 4 aliphatic rings. The number of halogens is 4. The molecule has 4 N–H and O–H groups in total. The lowest BCUT2D eigenvalue weighted by molar-refractivity contribution is 0.251. The van der Waals surface area contributed by atoms with Gasteiger partial charge in [0.25, 0.3) is 20.2 Å². The zero-order valence-electron chi connectivity index (χ0n) is 51.1. The summed E-state index contributed by atoms with van der Waals surface area (Å²) < 4.78 is 68.4. The molecule has 6 aromatic carbocycles. The molecule has 0 saturated heterocycles. The van der Waals surface area contributed by atoms with Gasteiger partial charge in [0.15, 0.2) is 0 Å². The zero-order chi connectivity index (χ0) is 63.1. The predicted molar refractivity (Wildman–Crippen MR) is 368 cm³/mol. The molecule has 0 spiro atoms. The van der Waals surface area contributed by atoms with Gasteiger partial charge in [0.2, 0.25) is 0 Å². The van der Waals surface area contributed by atoms with Crippen LogP contribution < -0.4 is 0 Å². The fraction of sp³-hybridized carbons (Fsp3) is 0.444. The van der Waals surface area contributed by atoms with Crippen molar-refractivity contribution in [1.82, 2.24) is 0 Å². The molecule has 472 valence electrons. The van der Waals surface area contributed by atoms with E-state index in [2.05, 4.69) is 150 Å². The van der Waals surface area contributed by atoms with Crippen LogP contribution >= 0.6 is 63.7 Å². The molecular weight excluding hydrogens is 1410 g/mol. The Hall–Kier alpha value is -3.62. The Morgan fingerprint density at radius 1 is 0.352 bits per heavy atom. The molecule has 0 unspecified atom stereocenters. The third-order valence-corrected chi connectivity index (χ3v) is 23.7. The first-order valence-electron chi connectivity index (χ1n) is 31.3. The minimum absolute atomic E-state index is 0.0201. The van der Waals surface area contributed by atoms with E-state index in [1.54, 1.807) is 48.5 Å². The number of aliphatic hydroxyl groups excluding tert-OH is 4. The van der Waals surface area contributed by atoms with Gasteiger partial charge in [-0.15, -0.1) is 0 Å². The quantitative estimate of drug-likeness (QED) is 0.0252. The summed E-state index contributed by atoms with van der Waals surface area (Å²) in [6, 6.07) is 39.8. The van der Waals surface area contributed by atoms with Gasteiger partial charge in [0, 0.05) is 66.0 Å². The normalized spacial score (nSPS) is 16.2. The average molecular weight is 1490 g/mol. The SMILES string of the molecule is CCCCC1(CCCC)C2=C(c3ccc(Br)cc31)C(CCCOS(=O)(=O)c1ccc(C)cc1)(CCCOS(=O)(=O)c1ccc(C)cc1)c1cc(Br)ccc12.OCCCC1(CCCO)C2=C(c3ccc(Br)cc31)C(CCCO)(CCCO)c1cc(Br)ccc12. The van der Waals surface area contributed by atoms with Crippen molar-refractivity contribution in [2.24, 2.45) is 0 Å². The highest BCUT2D eigenvalue weighted by atomic mass is 79.9. The van der Waals surface area contributed by atoms with E-state index < -0.39 is 25.7 Å². The van der Waals surface area contributed by atoms with Crippen molar-refractivity contribution >= 4 is 106 Å². The molecule has 4 aliphatic carbocycles. The Labute approximate surface area is 556 Å². The van der Waals surface area contributed by atoms with Crippen molar-refractivity contribution in [3.63, 3.8) is 0 Å². The first-order chi connectivity index (χ1) is 42.3. The van der Waals surface area contributed by atoms with E-state index in [0.717, 1.165) is 93.2 Å². The molecule has 0 atom stereocenters. The van der Waals surface area contributed by atoms with Crippen LogP contribution in [0.25, 0.3) is 22.3 Å². The van der Waals surface area contributed by atoms with E-state index in [4.69, 9.17) is 8.37 Å². The lowest BCUT2D eigenvalue weighted by atomic mass is 9.67. The van der Waals surface area contributed by atoms with Gasteiger partial charge in [-0.2, -0.15) is 16.8 Å². The first-order valence-corrected chi connectivity index (χ1v) is 37.3. The van der Waals surface area contributed by atoms with Crippen LogP contribution in [-0.2, 0) is 50.3 Å². The second-order valence-corrected chi connectivity index (χ2v) is 31.4. The number of hydrogen-bond donors (Lipinski definition) is 4. The summed E-state index contributed by atoms with van der Waals surface area (Å²) in [7, 11) is -7.90. The van der Waals surface area contributed by atoms with Crippen molar-refractivity contribution in [2.75, 3.05) is 39.6 Å². The van der Waals surface area contributed by atoms with Crippen molar-refractivity contribution in [1.29, 1.82) is 0 Å². The molecule has 0 aliphatic heterocycles. The van der Waals surface area contributed by atoms with E-state index in [0.29, 0.717) is 51.4 Å². The summed E-state index contributed by atoms with van der Waals surface area (Å²) >= 11 is 15.0. The van der Waals surface area contributed by atoms with Gasteiger partial charge in [0.05, 0.1) is 23.0 Å². The van der Waals surface area contributed by atoms with Gasteiger partial charge in [-0.3, -0.25) is 8.37 Å². The van der Waals surface area contributed by atoms with Crippen LogP contribution in [0.3, 0.4) is 0 Å². The first kappa shape index (κ1) is 68.7. The van der Waals surface area contributed by atoms with Gasteiger partial charge >= 0.3 is 0 Å². The Morgan fingerprint density at radius 2 is 0.591 bits per heavy atom. The number of fused-ring (bicyclic) bond motifs is 8. The smallest absolute Gasteiger partial charge is 0.296 e. The van der Waals surface area contributed by atoms with Crippen LogP contribution in [0.5, 0.6) is 0 Å². The van der Waals surface area contributed by atoms with Gasteiger partial charge in [0.1, 0.15) is 0 Å². The highest BCUT2D eigenvalue weighted by Gasteiger charge is 2.57. The summed E-state index contributed by atoms with van der Waals surface area (Å²) in [5, 5.41) is 39.4. The molecule has 0 aromatic heterocycles. The van der Waals surface area contributed by atoms with E-state index in [9.17, 15) is 37.3 Å². The monoisotopic (exact) mass is 1490 g/mol. The van der Waals surface area contributed by atoms with E-state index in [1.807, 2.05) is 13.8 Å². The predicted octanol–water partition coefficient (Wildman–Crippen LogP) is 17.7. The number of rotatable bonds is 30. The summed E-state index contributed by atoms with van der Waals surface area (Å²) in [5.74, 6) is 0. The Morgan fingerprint density at radius 3 is 0.830 bits per heavy atom. The standard InChI is InChI=1S/C44H50Br2O6S2.C28H34Br2O4/c1-5-7-23-43(24-8-6-2)39-29-33(45)15-21-37(39)42-41(43)38-22-16-34(46)30-40(38)44(42,25-9-27-51-53(47,48)35-17-11-31(3)12-18-35)26-10-28-52-54(49,50)36-19-13-32(4)14-20-36;29-19-5-7-21-23(17-19)27(9-1-13-31,10-2-14-32)25-22-8-6-20(30)18-24(22)28(26(21)25,11-3-15-33)12-4-16-34/h11-22,29-30H,5-10,23-28H2,1-4H3;5-8,17-18,31-34H,1-4,9-16H2. The summed E-state index contributed by atoms with van der Waals surface area (Å²) in [5.41, 5.74) is 15.9. The molecule has 16 heteroatoms. The van der Waals surface area contributed by atoms with Crippen molar-refractivity contribution in [3.05, 3.63) is 195 Å². The minimum atomic E-state index is -3.95. The molecule has 10 nitrogen and oxygen atoms in total. The fourth-order valence-electron chi connectivity index (χ4n) is 15.3. The molecule has 10 rings (SSSR count). The third-order valence-electron chi connectivity index (χ3n) is 19.0. The molecular formula is C72H84Br4O10S2. The largest absolute Gasteiger partial charge is 0.396 e. The maximum absolute atomic E-state index is 13.3. The molecule has 0 fully saturated rings. The van der Waals surface area contributed by atoms with Crippen LogP contribution in [-0.4, -0.2) is 76.9 Å². The molecule has 0 radical (unpaired) electrons. The second-order valence-electron chi connectivity index (χ2n) is 24.5. The number of aryl methyl sites for hydroxylation is 2. The highest BCUT2D eigenvalue weighted by molar-refractivity contribution is 9.11. The molecule has 6 aromatic rings. The Bertz CT molecular complexity index is 3560. The van der Waals surface area contributed by atoms with Gasteiger partial charge < -0.3 is 20.4 Å². The maximum atomic E-state index is 13.3. The highest BCUT2D eigenvalue weighted by Crippen LogP contribution is 2.70. The Balaban J connectivity index is 0.000000232. The van der Waals surface area contributed by atoms with Gasteiger partial charge in [-0.25, -0.2) is 0 Å². The molecule has 0 saturated carbocycles. The summed E-state index contributed by atoms with van der Waals surface area (Å²) in [4.78, 5) is 0.281. The molecule has 0 heterocycles. The van der Waals surface area contributed by atoms with Crippen LogP contribution in [0.2, 0.25) is 0 Å². The molecule has 88 heavy (non-hydrogen) atoms. The lowest BCUT2D eigenvalue weighted by Crippen LogP contribution is -2.28. The average Bonchev–Trinajstić information content (AvgIpc) is 1.52. The molecule has 0 bridgehead atoms. The lowest BCUT2D eigenvalue weighted by Gasteiger charge is -2.37. The van der Waals surface area contributed by atoms with Gasteiger partial charge in [-0.1, -0.05) is 163 Å². The van der Waals surface area contributed by atoms with E-state index in [1.165, 1.54) is 66.8 Å². The topological polar surface area (TPSA) is 168 Å². The van der Waals surface area contributed by atoms with Crippen LogP contribution in [0, 0.1) is 13.8 Å². The van der Waals surface area contributed by atoms with Crippen LogP contribution in [0.1, 0.15) is 185 Å². The fourth-order valence-corrected chi connectivity index (χ4v) is 18.6. The maximum Gasteiger partial charge on any atom is 0.296 e. The minimum Gasteiger partial charge on any atom is -0.396 e. The number of allylic oxidation sites excluding steroid dienone is 4. The van der Waals surface area contributed by atoms with Crippen LogP contribution in [0.15, 0.2) is 149 Å². The van der Waals surface area contributed by atoms with Crippen molar-refractivity contribution < 1.29 is 45.6 Å². The summed E-state index contributed by atoms with van der Waals surface area (Å²) in [6.07, 6.45) is 14.5. The van der Waals surface area contributed by atoms with Crippen molar-refractivity contribution in [3.8, 4) is 0 Å². The number of hydrogen-bond acceptors (Lipinski definition) is 10. The summed E-state index contributed by atoms with van der Waals surface area (Å²) in [6.45, 7) is 8.87. The van der Waals surface area contributed by atoms with Crippen LogP contribution in [0.4, 0.5) is 0 Å². The molecule has 0 amide bonds. The number of unbranched alkanes of at least 4 members (excludes halogenated alkanes) is 2. The van der Waals surface area contributed by atoms with Crippen molar-refractivity contribution in [2.45, 2.75) is 175 Å².